The summed E-state index contributed by atoms with van der Waals surface area (Å²) in [5.74, 6) is 0.150. The van der Waals surface area contributed by atoms with Crippen LogP contribution in [0.3, 0.4) is 0 Å². The molecule has 0 bridgehead atoms. The highest BCUT2D eigenvalue weighted by atomic mass is 32.2. The second-order valence-corrected chi connectivity index (χ2v) is 9.26. The fraction of sp³-hybridized carbons (Fsp3) is 0.533. The van der Waals surface area contributed by atoms with Gasteiger partial charge in [-0.3, -0.25) is 4.79 Å². The number of amides is 1. The Morgan fingerprint density at radius 3 is 2.62 bits per heavy atom. The number of thioether (sulfide) groups is 1. The van der Waals surface area contributed by atoms with E-state index in [4.69, 9.17) is 0 Å². The topological polar surface area (TPSA) is 63.2 Å². The van der Waals surface area contributed by atoms with Gasteiger partial charge in [0, 0.05) is 10.9 Å². The van der Waals surface area contributed by atoms with Crippen molar-refractivity contribution >= 4 is 27.5 Å². The lowest BCUT2D eigenvalue weighted by Crippen LogP contribution is -2.39. The molecule has 0 radical (unpaired) electrons. The zero-order chi connectivity index (χ0) is 15.6. The van der Waals surface area contributed by atoms with Crippen LogP contribution in [0.1, 0.15) is 24.5 Å². The van der Waals surface area contributed by atoms with Crippen molar-refractivity contribution < 1.29 is 13.2 Å². The lowest BCUT2D eigenvalue weighted by Gasteiger charge is -2.16. The third-order valence-electron chi connectivity index (χ3n) is 3.74. The number of hydrogen-bond acceptors (Lipinski definition) is 4. The van der Waals surface area contributed by atoms with E-state index in [2.05, 4.69) is 18.3 Å². The molecule has 1 aromatic rings. The van der Waals surface area contributed by atoms with Gasteiger partial charge in [0.05, 0.1) is 16.8 Å². The molecule has 1 saturated heterocycles. The summed E-state index contributed by atoms with van der Waals surface area (Å²) in [7, 11) is -2.96. The van der Waals surface area contributed by atoms with E-state index in [9.17, 15) is 13.2 Å². The van der Waals surface area contributed by atoms with Crippen molar-refractivity contribution in [2.24, 2.45) is 0 Å². The van der Waals surface area contributed by atoms with Crippen LogP contribution in [0.5, 0.6) is 0 Å². The number of carbonyl (C=O) groups excluding carboxylic acids is 1. The van der Waals surface area contributed by atoms with E-state index in [1.54, 1.807) is 0 Å². The van der Waals surface area contributed by atoms with E-state index >= 15 is 0 Å². The molecule has 2 atom stereocenters. The molecule has 21 heavy (non-hydrogen) atoms. The van der Waals surface area contributed by atoms with Gasteiger partial charge in [-0.2, -0.15) is 0 Å². The van der Waals surface area contributed by atoms with E-state index in [1.165, 1.54) is 22.9 Å². The van der Waals surface area contributed by atoms with Crippen LogP contribution in [0.2, 0.25) is 0 Å². The van der Waals surface area contributed by atoms with Gasteiger partial charge >= 0.3 is 0 Å². The second kappa shape index (κ2) is 6.40. The summed E-state index contributed by atoms with van der Waals surface area (Å²) in [4.78, 5) is 13.2. The van der Waals surface area contributed by atoms with Crippen LogP contribution in [0.25, 0.3) is 0 Å². The highest BCUT2D eigenvalue weighted by Gasteiger charge is 2.30. The lowest BCUT2D eigenvalue weighted by molar-refractivity contribution is -0.120. The number of rotatable bonds is 4. The number of nitrogens with one attached hydrogen (secondary N) is 1. The van der Waals surface area contributed by atoms with Gasteiger partial charge in [0.1, 0.15) is 0 Å². The van der Waals surface area contributed by atoms with E-state index in [0.717, 1.165) is 4.90 Å². The van der Waals surface area contributed by atoms with Crippen molar-refractivity contribution in [1.82, 2.24) is 5.32 Å². The quantitative estimate of drug-likeness (QED) is 0.860. The fourth-order valence-electron chi connectivity index (χ4n) is 2.27. The molecule has 1 heterocycles. The van der Waals surface area contributed by atoms with E-state index in [-0.39, 0.29) is 28.7 Å². The summed E-state index contributed by atoms with van der Waals surface area (Å²) in [5.41, 5.74) is 2.43. The van der Waals surface area contributed by atoms with Crippen molar-refractivity contribution in [3.8, 4) is 0 Å². The van der Waals surface area contributed by atoms with Crippen LogP contribution < -0.4 is 5.32 Å². The Kier molecular flexibility index (Phi) is 4.99. The van der Waals surface area contributed by atoms with E-state index < -0.39 is 9.84 Å². The monoisotopic (exact) mass is 327 g/mol. The molecule has 1 fully saturated rings. The number of sulfone groups is 1. The van der Waals surface area contributed by atoms with Gasteiger partial charge in [-0.25, -0.2) is 8.42 Å². The first-order chi connectivity index (χ1) is 9.77. The van der Waals surface area contributed by atoms with E-state index in [1.807, 2.05) is 26.0 Å². The van der Waals surface area contributed by atoms with Gasteiger partial charge < -0.3 is 5.32 Å². The SMILES string of the molecule is Cc1ccc(S[C@H](C)C(=O)N[C@H]2CCS(=O)(=O)C2)cc1C. The van der Waals surface area contributed by atoms with Crippen molar-refractivity contribution in [3.05, 3.63) is 29.3 Å². The molecule has 0 unspecified atom stereocenters. The summed E-state index contributed by atoms with van der Waals surface area (Å²) < 4.78 is 22.8. The molecule has 0 aromatic heterocycles. The maximum Gasteiger partial charge on any atom is 0.233 e. The van der Waals surface area contributed by atoms with Crippen molar-refractivity contribution in [1.29, 1.82) is 0 Å². The molecular weight excluding hydrogens is 306 g/mol. The molecule has 0 aliphatic carbocycles. The molecule has 1 N–H and O–H groups in total. The summed E-state index contributed by atoms with van der Waals surface area (Å²) >= 11 is 1.50. The van der Waals surface area contributed by atoms with Gasteiger partial charge in [-0.05, 0) is 50.5 Å². The highest BCUT2D eigenvalue weighted by molar-refractivity contribution is 8.00. The Morgan fingerprint density at radius 1 is 1.33 bits per heavy atom. The standard InChI is InChI=1S/C15H21NO3S2/c1-10-4-5-14(8-11(10)2)20-12(3)15(17)16-13-6-7-21(18,19)9-13/h4-5,8,12-13H,6-7,9H2,1-3H3,(H,16,17)/t12-,13+/m1/s1. The normalized spacial score (nSPS) is 22.0. The van der Waals surface area contributed by atoms with Crippen LogP contribution >= 0.6 is 11.8 Å². The van der Waals surface area contributed by atoms with Crippen LogP contribution in [-0.2, 0) is 14.6 Å². The van der Waals surface area contributed by atoms with Crippen LogP contribution in [0.15, 0.2) is 23.1 Å². The smallest absolute Gasteiger partial charge is 0.233 e. The van der Waals surface area contributed by atoms with Crippen molar-refractivity contribution in [3.63, 3.8) is 0 Å². The van der Waals surface area contributed by atoms with Crippen molar-refractivity contribution in [2.75, 3.05) is 11.5 Å². The Labute approximate surface area is 130 Å². The molecular formula is C15H21NO3S2. The zero-order valence-corrected chi connectivity index (χ0v) is 14.2. The summed E-state index contributed by atoms with van der Waals surface area (Å²) in [6.45, 7) is 5.95. The van der Waals surface area contributed by atoms with Gasteiger partial charge in [0.25, 0.3) is 0 Å². The zero-order valence-electron chi connectivity index (χ0n) is 12.5. The average molecular weight is 327 g/mol. The Morgan fingerprint density at radius 2 is 2.05 bits per heavy atom. The Hall–Kier alpha value is -1.01. The van der Waals surface area contributed by atoms with Gasteiger partial charge in [0.15, 0.2) is 9.84 Å². The largest absolute Gasteiger partial charge is 0.351 e. The van der Waals surface area contributed by atoms with Crippen LogP contribution in [-0.4, -0.2) is 37.1 Å². The number of carbonyl (C=O) groups is 1. The van der Waals surface area contributed by atoms with E-state index in [0.29, 0.717) is 6.42 Å². The minimum absolute atomic E-state index is 0.0692. The molecule has 1 aromatic carbocycles. The summed E-state index contributed by atoms with van der Waals surface area (Å²) in [6, 6.07) is 5.90. The predicted octanol–water partition coefficient (Wildman–Crippen LogP) is 2.09. The first-order valence-electron chi connectivity index (χ1n) is 7.01. The molecule has 0 saturated carbocycles. The number of hydrogen-bond donors (Lipinski definition) is 1. The van der Waals surface area contributed by atoms with Gasteiger partial charge in [-0.15, -0.1) is 11.8 Å². The molecule has 1 aliphatic rings. The summed E-state index contributed by atoms with van der Waals surface area (Å²) in [5, 5.41) is 2.60. The first-order valence-corrected chi connectivity index (χ1v) is 9.71. The first kappa shape index (κ1) is 16.4. The molecule has 4 nitrogen and oxygen atoms in total. The maximum absolute atomic E-state index is 12.1. The molecule has 1 aliphatic heterocycles. The lowest BCUT2D eigenvalue weighted by atomic mass is 10.1. The summed E-state index contributed by atoms with van der Waals surface area (Å²) in [6.07, 6.45) is 0.523. The molecule has 6 heteroatoms. The third kappa shape index (κ3) is 4.48. The highest BCUT2D eigenvalue weighted by Crippen LogP contribution is 2.25. The number of benzene rings is 1. The third-order valence-corrected chi connectivity index (χ3v) is 6.60. The fourth-order valence-corrected chi connectivity index (χ4v) is 4.92. The average Bonchev–Trinajstić information content (AvgIpc) is 2.73. The molecule has 116 valence electrons. The molecule has 1 amide bonds. The van der Waals surface area contributed by atoms with Crippen molar-refractivity contribution in [2.45, 2.75) is 43.4 Å². The minimum atomic E-state index is -2.96. The number of aryl methyl sites for hydroxylation is 2. The Bertz CT molecular complexity index is 640. The van der Waals surface area contributed by atoms with Crippen LogP contribution in [0, 0.1) is 13.8 Å². The van der Waals surface area contributed by atoms with Gasteiger partial charge in [-0.1, -0.05) is 6.07 Å². The molecule has 0 spiro atoms. The predicted molar refractivity (Wildman–Crippen MR) is 86.4 cm³/mol. The molecule has 2 rings (SSSR count). The van der Waals surface area contributed by atoms with Crippen LogP contribution in [0.4, 0.5) is 0 Å². The Balaban J connectivity index is 1.92. The minimum Gasteiger partial charge on any atom is -0.351 e. The maximum atomic E-state index is 12.1. The van der Waals surface area contributed by atoms with Gasteiger partial charge in [0.2, 0.25) is 5.91 Å². The second-order valence-electron chi connectivity index (χ2n) is 5.61.